The van der Waals surface area contributed by atoms with Gasteiger partial charge in [0.05, 0.1) is 12.7 Å². The normalized spacial score (nSPS) is 16.9. The summed E-state index contributed by atoms with van der Waals surface area (Å²) in [6, 6.07) is 1.67. The van der Waals surface area contributed by atoms with Gasteiger partial charge in [-0.15, -0.1) is 11.3 Å². The zero-order chi connectivity index (χ0) is 14.6. The second-order valence-electron chi connectivity index (χ2n) is 5.05. The lowest BCUT2D eigenvalue weighted by atomic mass is 10.3. The molecule has 3 N–H and O–H groups in total. The topological polar surface area (TPSA) is 81.4 Å². The molecule has 0 spiro atoms. The van der Waals surface area contributed by atoms with Crippen molar-refractivity contribution in [2.24, 2.45) is 5.73 Å². The smallest absolute Gasteiger partial charge is 0.250 e. The SMILES string of the molecule is Cc1cc(S(=O)(=O)NCCOC2CCCC2)sc1CN. The minimum Gasteiger partial charge on any atom is -0.377 e. The first-order valence-electron chi connectivity index (χ1n) is 6.93. The van der Waals surface area contributed by atoms with Crippen molar-refractivity contribution in [1.29, 1.82) is 0 Å². The average Bonchev–Trinajstić information content (AvgIpc) is 3.04. The predicted octanol–water partition coefficient (Wildman–Crippen LogP) is 1.75. The number of thiophene rings is 1. The van der Waals surface area contributed by atoms with Crippen LogP contribution < -0.4 is 10.5 Å². The molecule has 7 heteroatoms. The summed E-state index contributed by atoms with van der Waals surface area (Å²) < 4.78 is 32.8. The zero-order valence-electron chi connectivity index (χ0n) is 11.7. The number of rotatable bonds is 7. The van der Waals surface area contributed by atoms with Gasteiger partial charge in [-0.3, -0.25) is 0 Å². The van der Waals surface area contributed by atoms with Crippen LogP contribution in [0.3, 0.4) is 0 Å². The highest BCUT2D eigenvalue weighted by molar-refractivity contribution is 7.91. The fourth-order valence-corrected chi connectivity index (χ4v) is 4.88. The molecule has 1 fully saturated rings. The predicted molar refractivity (Wildman–Crippen MR) is 80.3 cm³/mol. The first kappa shape index (κ1) is 15.9. The van der Waals surface area contributed by atoms with Gasteiger partial charge in [0.1, 0.15) is 4.21 Å². The molecule has 20 heavy (non-hydrogen) atoms. The van der Waals surface area contributed by atoms with Crippen molar-refractivity contribution in [3.63, 3.8) is 0 Å². The summed E-state index contributed by atoms with van der Waals surface area (Å²) in [5.41, 5.74) is 6.50. The fourth-order valence-electron chi connectivity index (χ4n) is 2.35. The lowest BCUT2D eigenvalue weighted by Crippen LogP contribution is -2.28. The van der Waals surface area contributed by atoms with E-state index in [9.17, 15) is 8.42 Å². The Balaban J connectivity index is 1.83. The molecule has 114 valence electrons. The number of hydrogen-bond acceptors (Lipinski definition) is 5. The monoisotopic (exact) mass is 318 g/mol. The molecular weight excluding hydrogens is 296 g/mol. The van der Waals surface area contributed by atoms with Crippen LogP contribution in [-0.2, 0) is 21.3 Å². The summed E-state index contributed by atoms with van der Waals surface area (Å²) in [6.45, 7) is 2.99. The number of nitrogens with two attached hydrogens (primary N) is 1. The molecule has 0 bridgehead atoms. The van der Waals surface area contributed by atoms with Gasteiger partial charge in [0.2, 0.25) is 10.0 Å². The molecule has 1 heterocycles. The maximum Gasteiger partial charge on any atom is 0.250 e. The molecule has 0 saturated heterocycles. The molecule has 0 aliphatic heterocycles. The molecule has 0 unspecified atom stereocenters. The second-order valence-corrected chi connectivity index (χ2v) is 8.18. The Morgan fingerprint density at radius 3 is 2.75 bits per heavy atom. The quantitative estimate of drug-likeness (QED) is 0.751. The van der Waals surface area contributed by atoms with Gasteiger partial charge in [0.25, 0.3) is 0 Å². The zero-order valence-corrected chi connectivity index (χ0v) is 13.4. The molecule has 0 radical (unpaired) electrons. The largest absolute Gasteiger partial charge is 0.377 e. The van der Waals surface area contributed by atoms with E-state index < -0.39 is 10.0 Å². The number of sulfonamides is 1. The van der Waals surface area contributed by atoms with Crippen LogP contribution in [0.1, 0.15) is 36.1 Å². The molecule has 1 aliphatic carbocycles. The number of nitrogens with one attached hydrogen (secondary N) is 1. The number of hydrogen-bond donors (Lipinski definition) is 2. The lowest BCUT2D eigenvalue weighted by molar-refractivity contribution is 0.0626. The molecule has 0 atom stereocenters. The van der Waals surface area contributed by atoms with Gasteiger partial charge in [0, 0.05) is 18.0 Å². The van der Waals surface area contributed by atoms with E-state index in [-0.39, 0.29) is 0 Å². The Morgan fingerprint density at radius 2 is 2.15 bits per heavy atom. The first-order valence-corrected chi connectivity index (χ1v) is 9.23. The Kier molecular flexibility index (Phi) is 5.57. The Morgan fingerprint density at radius 1 is 1.45 bits per heavy atom. The number of aryl methyl sites for hydroxylation is 1. The van der Waals surface area contributed by atoms with Crippen molar-refractivity contribution in [3.05, 3.63) is 16.5 Å². The highest BCUT2D eigenvalue weighted by Crippen LogP contribution is 2.25. The van der Waals surface area contributed by atoms with Crippen LogP contribution in [0.4, 0.5) is 0 Å². The summed E-state index contributed by atoms with van der Waals surface area (Å²) >= 11 is 1.23. The van der Waals surface area contributed by atoms with Crippen LogP contribution in [0.2, 0.25) is 0 Å². The lowest BCUT2D eigenvalue weighted by Gasteiger charge is -2.11. The van der Waals surface area contributed by atoms with E-state index in [1.165, 1.54) is 24.2 Å². The van der Waals surface area contributed by atoms with Crippen molar-refractivity contribution < 1.29 is 13.2 Å². The van der Waals surface area contributed by atoms with E-state index >= 15 is 0 Å². The van der Waals surface area contributed by atoms with Gasteiger partial charge in [-0.25, -0.2) is 13.1 Å². The van der Waals surface area contributed by atoms with Crippen molar-refractivity contribution >= 4 is 21.4 Å². The van der Waals surface area contributed by atoms with Gasteiger partial charge < -0.3 is 10.5 Å². The van der Waals surface area contributed by atoms with Crippen LogP contribution in [0.5, 0.6) is 0 Å². The fraction of sp³-hybridized carbons (Fsp3) is 0.692. The van der Waals surface area contributed by atoms with Crippen molar-refractivity contribution in [2.45, 2.75) is 49.5 Å². The molecule has 2 rings (SSSR count). The first-order chi connectivity index (χ1) is 9.53. The van der Waals surface area contributed by atoms with E-state index in [4.69, 9.17) is 10.5 Å². The van der Waals surface area contributed by atoms with Gasteiger partial charge in [-0.2, -0.15) is 0 Å². The third kappa shape index (κ3) is 4.02. The number of ether oxygens (including phenoxy) is 1. The summed E-state index contributed by atoms with van der Waals surface area (Å²) in [4.78, 5) is 0.910. The molecular formula is C13H22N2O3S2. The minimum atomic E-state index is -3.43. The third-order valence-corrected chi connectivity index (χ3v) is 6.69. The minimum absolute atomic E-state index is 0.312. The molecule has 0 aromatic carbocycles. The molecule has 1 aromatic rings. The van der Waals surface area contributed by atoms with Crippen LogP contribution in [0, 0.1) is 6.92 Å². The Bertz CT molecular complexity index is 534. The van der Waals surface area contributed by atoms with Crippen molar-refractivity contribution in [1.82, 2.24) is 4.72 Å². The maximum atomic E-state index is 12.1. The second kappa shape index (κ2) is 7.00. The molecule has 5 nitrogen and oxygen atoms in total. The van der Waals surface area contributed by atoms with Crippen LogP contribution >= 0.6 is 11.3 Å². The van der Waals surface area contributed by atoms with Crippen LogP contribution in [0.15, 0.2) is 10.3 Å². The van der Waals surface area contributed by atoms with Crippen LogP contribution in [0.25, 0.3) is 0 Å². The van der Waals surface area contributed by atoms with E-state index in [1.807, 2.05) is 6.92 Å². The molecule has 0 amide bonds. The van der Waals surface area contributed by atoms with Gasteiger partial charge >= 0.3 is 0 Å². The Labute approximate surface area is 124 Å². The molecule has 1 saturated carbocycles. The molecule has 1 aliphatic rings. The van der Waals surface area contributed by atoms with Gasteiger partial charge in [0.15, 0.2) is 0 Å². The van der Waals surface area contributed by atoms with E-state index in [1.54, 1.807) is 6.07 Å². The average molecular weight is 318 g/mol. The summed E-state index contributed by atoms with van der Waals surface area (Å²) in [5, 5.41) is 0. The summed E-state index contributed by atoms with van der Waals surface area (Å²) in [6.07, 6.45) is 4.93. The highest BCUT2D eigenvalue weighted by Gasteiger charge is 2.19. The standard InChI is InChI=1S/C13H22N2O3S2/c1-10-8-13(19-12(10)9-14)20(16,17)15-6-7-18-11-4-2-3-5-11/h8,11,15H,2-7,9,14H2,1H3. The van der Waals surface area contributed by atoms with Crippen molar-refractivity contribution in [3.8, 4) is 0 Å². The third-order valence-electron chi connectivity index (χ3n) is 3.50. The summed E-state index contributed by atoms with van der Waals surface area (Å²) in [7, 11) is -3.43. The molecule has 1 aromatic heterocycles. The van der Waals surface area contributed by atoms with Gasteiger partial charge in [-0.05, 0) is 31.4 Å². The van der Waals surface area contributed by atoms with E-state index in [2.05, 4.69) is 4.72 Å². The highest BCUT2D eigenvalue weighted by atomic mass is 32.2. The van der Waals surface area contributed by atoms with Gasteiger partial charge in [-0.1, -0.05) is 12.8 Å². The van der Waals surface area contributed by atoms with E-state index in [0.717, 1.165) is 23.3 Å². The van der Waals surface area contributed by atoms with Crippen molar-refractivity contribution in [2.75, 3.05) is 13.2 Å². The van der Waals surface area contributed by atoms with E-state index in [0.29, 0.717) is 30.0 Å². The maximum absolute atomic E-state index is 12.1. The summed E-state index contributed by atoms with van der Waals surface area (Å²) in [5.74, 6) is 0. The van der Waals surface area contributed by atoms with Crippen LogP contribution in [-0.4, -0.2) is 27.7 Å². The Hall–Kier alpha value is -0.470.